The molecule has 3 heterocycles. The Morgan fingerprint density at radius 3 is 3.20 bits per heavy atom. The molecule has 0 bridgehead atoms. The molecule has 1 aliphatic rings. The van der Waals surface area contributed by atoms with E-state index in [4.69, 9.17) is 4.42 Å². The average Bonchev–Trinajstić information content (AvgIpc) is 3.10. The molecule has 7 heteroatoms. The average molecular weight is 273 g/mol. The van der Waals surface area contributed by atoms with E-state index >= 15 is 0 Å². The molecule has 0 aromatic carbocycles. The third-order valence-corrected chi connectivity index (χ3v) is 3.13. The minimum atomic E-state index is -0.201. The summed E-state index contributed by atoms with van der Waals surface area (Å²) in [5.74, 6) is 0.326. The molecule has 0 aliphatic carbocycles. The molecule has 3 rings (SSSR count). The number of nitrogens with one attached hydrogen (secondary N) is 2. The number of carbonyl (C=O) groups is 1. The lowest BCUT2D eigenvalue weighted by molar-refractivity contribution is -0.115. The maximum Gasteiger partial charge on any atom is 0.322 e. The third-order valence-electron chi connectivity index (χ3n) is 3.13. The molecule has 1 aliphatic heterocycles. The van der Waals surface area contributed by atoms with E-state index in [1.165, 1.54) is 0 Å². The summed E-state index contributed by atoms with van der Waals surface area (Å²) in [4.78, 5) is 15.8. The van der Waals surface area contributed by atoms with Crippen molar-refractivity contribution in [2.24, 2.45) is 0 Å². The van der Waals surface area contributed by atoms with Crippen molar-refractivity contribution in [3.8, 4) is 0 Å². The Hall–Kier alpha value is -2.28. The van der Waals surface area contributed by atoms with E-state index in [9.17, 15) is 4.79 Å². The molecule has 1 saturated heterocycles. The number of anilines is 1. The second-order valence-electron chi connectivity index (χ2n) is 4.68. The summed E-state index contributed by atoms with van der Waals surface area (Å²) in [7, 11) is 0. The lowest BCUT2D eigenvalue weighted by atomic mass is 10.2. The predicted octanol–water partition coefficient (Wildman–Crippen LogP) is 1.07. The highest BCUT2D eigenvalue weighted by Gasteiger charge is 2.22. The lowest BCUT2D eigenvalue weighted by Crippen LogP contribution is -2.14. The number of rotatable bonds is 4. The Bertz CT molecular complexity index is 577. The fourth-order valence-electron chi connectivity index (χ4n) is 2.17. The maximum atomic E-state index is 11.8. The number of hydrogen-bond donors (Lipinski definition) is 2. The second kappa shape index (κ2) is 5.79. The number of pyridine rings is 1. The van der Waals surface area contributed by atoms with E-state index in [0.29, 0.717) is 5.89 Å². The van der Waals surface area contributed by atoms with Crippen LogP contribution in [0.1, 0.15) is 30.3 Å². The number of hydrogen-bond acceptors (Lipinski definition) is 6. The summed E-state index contributed by atoms with van der Waals surface area (Å²) < 4.78 is 5.44. The molecule has 1 unspecified atom stereocenters. The highest BCUT2D eigenvalue weighted by Crippen LogP contribution is 2.22. The summed E-state index contributed by atoms with van der Waals surface area (Å²) in [5.41, 5.74) is 0.835. The molecule has 2 aromatic heterocycles. The molecule has 0 saturated carbocycles. The highest BCUT2D eigenvalue weighted by atomic mass is 16.4. The van der Waals surface area contributed by atoms with Gasteiger partial charge in [-0.05, 0) is 31.0 Å². The van der Waals surface area contributed by atoms with Crippen LogP contribution in [0.4, 0.5) is 6.01 Å². The van der Waals surface area contributed by atoms with Crippen LogP contribution in [0.25, 0.3) is 0 Å². The quantitative estimate of drug-likeness (QED) is 0.865. The van der Waals surface area contributed by atoms with Crippen molar-refractivity contribution in [1.82, 2.24) is 20.5 Å². The molecule has 1 fully saturated rings. The summed E-state index contributed by atoms with van der Waals surface area (Å²) in [6.07, 6.45) is 5.62. The van der Waals surface area contributed by atoms with Gasteiger partial charge in [-0.2, -0.15) is 0 Å². The molecule has 1 atom stereocenters. The molecule has 20 heavy (non-hydrogen) atoms. The highest BCUT2D eigenvalue weighted by molar-refractivity contribution is 5.90. The fourth-order valence-corrected chi connectivity index (χ4v) is 2.17. The Labute approximate surface area is 115 Å². The normalized spacial score (nSPS) is 18.1. The first kappa shape index (κ1) is 12.7. The fraction of sp³-hybridized carbons (Fsp3) is 0.385. The van der Waals surface area contributed by atoms with Crippen molar-refractivity contribution >= 4 is 11.9 Å². The molecule has 0 radical (unpaired) electrons. The summed E-state index contributed by atoms with van der Waals surface area (Å²) in [5, 5.41) is 13.7. The van der Waals surface area contributed by atoms with E-state index < -0.39 is 0 Å². The van der Waals surface area contributed by atoms with Crippen LogP contribution >= 0.6 is 0 Å². The first-order valence-electron chi connectivity index (χ1n) is 6.57. The summed E-state index contributed by atoms with van der Waals surface area (Å²) >= 11 is 0. The molecule has 1 amide bonds. The monoisotopic (exact) mass is 273 g/mol. The van der Waals surface area contributed by atoms with Gasteiger partial charge in [0.25, 0.3) is 0 Å². The Kier molecular flexibility index (Phi) is 3.69. The van der Waals surface area contributed by atoms with Gasteiger partial charge in [-0.3, -0.25) is 15.1 Å². The van der Waals surface area contributed by atoms with Crippen LogP contribution in [0.3, 0.4) is 0 Å². The van der Waals surface area contributed by atoms with Crippen LogP contribution in [0.2, 0.25) is 0 Å². The van der Waals surface area contributed by atoms with Crippen molar-refractivity contribution in [2.45, 2.75) is 25.3 Å². The van der Waals surface area contributed by atoms with Gasteiger partial charge in [0.2, 0.25) is 11.8 Å². The van der Waals surface area contributed by atoms with Gasteiger partial charge in [0.15, 0.2) is 0 Å². The van der Waals surface area contributed by atoms with Gasteiger partial charge in [0.1, 0.15) is 0 Å². The third kappa shape index (κ3) is 3.00. The smallest absolute Gasteiger partial charge is 0.322 e. The van der Waals surface area contributed by atoms with Crippen molar-refractivity contribution in [1.29, 1.82) is 0 Å². The Morgan fingerprint density at radius 1 is 1.50 bits per heavy atom. The molecule has 7 nitrogen and oxygen atoms in total. The largest absolute Gasteiger partial charge is 0.406 e. The summed E-state index contributed by atoms with van der Waals surface area (Å²) in [6.45, 7) is 0.954. The Balaban J connectivity index is 1.59. The number of aromatic nitrogens is 3. The van der Waals surface area contributed by atoms with E-state index in [1.54, 1.807) is 18.5 Å². The van der Waals surface area contributed by atoms with Crippen molar-refractivity contribution in [3.05, 3.63) is 36.0 Å². The van der Waals surface area contributed by atoms with Crippen LogP contribution in [0.15, 0.2) is 28.9 Å². The predicted molar refractivity (Wildman–Crippen MR) is 70.8 cm³/mol. The zero-order valence-corrected chi connectivity index (χ0v) is 10.9. The van der Waals surface area contributed by atoms with E-state index in [-0.39, 0.29) is 24.4 Å². The van der Waals surface area contributed by atoms with Crippen LogP contribution in [-0.2, 0) is 11.2 Å². The van der Waals surface area contributed by atoms with Crippen LogP contribution < -0.4 is 10.6 Å². The lowest BCUT2D eigenvalue weighted by Gasteiger charge is -2.03. The zero-order chi connectivity index (χ0) is 13.8. The van der Waals surface area contributed by atoms with E-state index in [2.05, 4.69) is 25.8 Å². The molecular formula is C13H15N5O2. The molecule has 104 valence electrons. The maximum absolute atomic E-state index is 11.8. The minimum absolute atomic E-state index is 0.103. The number of amides is 1. The minimum Gasteiger partial charge on any atom is -0.406 e. The second-order valence-corrected chi connectivity index (χ2v) is 4.68. The van der Waals surface area contributed by atoms with Gasteiger partial charge >= 0.3 is 6.01 Å². The van der Waals surface area contributed by atoms with Crippen LogP contribution in [0, 0.1) is 0 Å². The molecule has 2 N–H and O–H groups in total. The van der Waals surface area contributed by atoms with Gasteiger partial charge in [-0.1, -0.05) is 11.2 Å². The summed E-state index contributed by atoms with van der Waals surface area (Å²) in [6, 6.07) is 3.88. The topological polar surface area (TPSA) is 92.9 Å². The van der Waals surface area contributed by atoms with Crippen LogP contribution in [0.5, 0.6) is 0 Å². The molecular weight excluding hydrogens is 258 g/mol. The SMILES string of the molecule is O=C(Cc1cccnc1)Nc1nnc(C2CCCN2)o1. The van der Waals surface area contributed by atoms with E-state index in [1.807, 2.05) is 6.07 Å². The standard InChI is InChI=1S/C13H15N5O2/c19-11(7-9-3-1-5-14-8-9)16-13-18-17-12(20-13)10-4-2-6-15-10/h1,3,5,8,10,15H,2,4,6-7H2,(H,16,18,19). The van der Waals surface area contributed by atoms with Gasteiger partial charge in [-0.15, -0.1) is 5.10 Å². The van der Waals surface area contributed by atoms with Gasteiger partial charge in [-0.25, -0.2) is 0 Å². The van der Waals surface area contributed by atoms with Crippen molar-refractivity contribution in [2.75, 3.05) is 11.9 Å². The van der Waals surface area contributed by atoms with Crippen molar-refractivity contribution < 1.29 is 9.21 Å². The van der Waals surface area contributed by atoms with E-state index in [0.717, 1.165) is 24.9 Å². The number of carbonyl (C=O) groups excluding carboxylic acids is 1. The zero-order valence-electron chi connectivity index (χ0n) is 10.9. The number of nitrogens with zero attached hydrogens (tertiary/aromatic N) is 3. The van der Waals surface area contributed by atoms with Crippen LogP contribution in [-0.4, -0.2) is 27.6 Å². The Morgan fingerprint density at radius 2 is 2.45 bits per heavy atom. The first-order valence-corrected chi connectivity index (χ1v) is 6.57. The molecule has 2 aromatic rings. The van der Waals surface area contributed by atoms with Gasteiger partial charge in [0, 0.05) is 12.4 Å². The molecule has 0 spiro atoms. The van der Waals surface area contributed by atoms with Gasteiger partial charge in [0.05, 0.1) is 12.5 Å². The van der Waals surface area contributed by atoms with Crippen molar-refractivity contribution in [3.63, 3.8) is 0 Å². The first-order chi connectivity index (χ1) is 9.81. The van der Waals surface area contributed by atoms with Gasteiger partial charge < -0.3 is 9.73 Å².